The van der Waals surface area contributed by atoms with Gasteiger partial charge in [0.25, 0.3) is 5.91 Å². The van der Waals surface area contributed by atoms with Crippen LogP contribution in [-0.2, 0) is 24.3 Å². The molecular weight excluding hydrogens is 393 g/mol. The molecule has 0 saturated carbocycles. The van der Waals surface area contributed by atoms with Crippen molar-refractivity contribution < 1.29 is 31.9 Å². The number of esters is 1. The molecule has 1 rings (SSSR count). The van der Waals surface area contributed by atoms with E-state index >= 15 is 0 Å². The SMILES string of the molecule is CCN(CC)S(=O)(=O)c1ccc(F)c(C(=O)OCC(=O)NCC(=O)N(C)C)c1. The summed E-state index contributed by atoms with van der Waals surface area (Å²) >= 11 is 0. The molecule has 0 aliphatic rings. The average molecular weight is 417 g/mol. The zero-order valence-corrected chi connectivity index (χ0v) is 17.0. The first kappa shape index (κ1) is 23.5. The fourth-order valence-electron chi connectivity index (χ4n) is 2.13. The highest BCUT2D eigenvalue weighted by molar-refractivity contribution is 7.89. The number of nitrogens with zero attached hydrogens (tertiary/aromatic N) is 2. The van der Waals surface area contributed by atoms with E-state index in [0.29, 0.717) is 0 Å². The lowest BCUT2D eigenvalue weighted by atomic mass is 10.2. The molecule has 156 valence electrons. The Morgan fingerprint density at radius 1 is 1.14 bits per heavy atom. The number of ether oxygens (including phenoxy) is 1. The molecule has 0 aromatic heterocycles. The molecule has 0 bridgehead atoms. The molecule has 28 heavy (non-hydrogen) atoms. The summed E-state index contributed by atoms with van der Waals surface area (Å²) in [5.74, 6) is -3.29. The molecule has 0 saturated heterocycles. The Morgan fingerprint density at radius 3 is 2.29 bits per heavy atom. The van der Waals surface area contributed by atoms with Crippen LogP contribution < -0.4 is 5.32 Å². The maximum Gasteiger partial charge on any atom is 0.341 e. The Hall–Kier alpha value is -2.53. The van der Waals surface area contributed by atoms with E-state index in [0.717, 1.165) is 22.5 Å². The summed E-state index contributed by atoms with van der Waals surface area (Å²) in [5, 5.41) is 2.25. The van der Waals surface area contributed by atoms with Crippen LogP contribution in [0.25, 0.3) is 0 Å². The Morgan fingerprint density at radius 2 is 1.75 bits per heavy atom. The number of benzene rings is 1. The largest absolute Gasteiger partial charge is 0.452 e. The van der Waals surface area contributed by atoms with Gasteiger partial charge in [-0.05, 0) is 18.2 Å². The molecule has 2 amide bonds. The molecule has 9 nitrogen and oxygen atoms in total. The van der Waals surface area contributed by atoms with Gasteiger partial charge in [-0.1, -0.05) is 13.8 Å². The number of carbonyl (C=O) groups excluding carboxylic acids is 3. The van der Waals surface area contributed by atoms with Gasteiger partial charge in [0.1, 0.15) is 5.82 Å². The number of amides is 2. The average Bonchev–Trinajstić information content (AvgIpc) is 2.64. The van der Waals surface area contributed by atoms with Crippen LogP contribution in [0.2, 0.25) is 0 Å². The number of rotatable bonds is 9. The minimum absolute atomic E-state index is 0.210. The molecule has 1 N–H and O–H groups in total. The molecule has 0 aliphatic carbocycles. The molecule has 0 unspecified atom stereocenters. The lowest BCUT2D eigenvalue weighted by Gasteiger charge is -2.18. The van der Waals surface area contributed by atoms with Gasteiger partial charge in [0.15, 0.2) is 6.61 Å². The third kappa shape index (κ3) is 5.99. The van der Waals surface area contributed by atoms with Gasteiger partial charge in [-0.2, -0.15) is 4.31 Å². The van der Waals surface area contributed by atoms with Gasteiger partial charge in [-0.15, -0.1) is 0 Å². The first-order valence-corrected chi connectivity index (χ1v) is 9.92. The normalized spacial score (nSPS) is 11.2. The summed E-state index contributed by atoms with van der Waals surface area (Å²) in [6, 6.07) is 2.78. The van der Waals surface area contributed by atoms with E-state index in [-0.39, 0.29) is 30.4 Å². The van der Waals surface area contributed by atoms with Gasteiger partial charge in [0.2, 0.25) is 15.9 Å². The summed E-state index contributed by atoms with van der Waals surface area (Å²) in [6.45, 7) is 2.70. The second-order valence-corrected chi connectivity index (χ2v) is 7.81. The van der Waals surface area contributed by atoms with Crippen molar-refractivity contribution in [2.24, 2.45) is 0 Å². The number of hydrogen-bond donors (Lipinski definition) is 1. The third-order valence-electron chi connectivity index (χ3n) is 3.77. The Balaban J connectivity index is 2.86. The fraction of sp³-hybridized carbons (Fsp3) is 0.471. The molecule has 0 radical (unpaired) electrons. The molecule has 0 fully saturated rings. The first-order chi connectivity index (χ1) is 13.0. The standard InChI is InChI=1S/C17H24FN3O6S/c1-5-21(6-2)28(25,26)12-7-8-14(18)13(9-12)17(24)27-11-15(22)19-10-16(23)20(3)4/h7-9H,5-6,10-11H2,1-4H3,(H,19,22). The van der Waals surface area contributed by atoms with E-state index < -0.39 is 39.9 Å². The van der Waals surface area contributed by atoms with Gasteiger partial charge in [0.05, 0.1) is 17.0 Å². The predicted octanol–water partition coefficient (Wildman–Crippen LogP) is 0.217. The lowest BCUT2D eigenvalue weighted by Crippen LogP contribution is -2.38. The quantitative estimate of drug-likeness (QED) is 0.575. The van der Waals surface area contributed by atoms with Crippen molar-refractivity contribution in [2.75, 3.05) is 40.3 Å². The first-order valence-electron chi connectivity index (χ1n) is 8.48. The van der Waals surface area contributed by atoms with Crippen molar-refractivity contribution in [3.05, 3.63) is 29.6 Å². The summed E-state index contributed by atoms with van der Waals surface area (Å²) in [4.78, 5) is 36.1. The summed E-state index contributed by atoms with van der Waals surface area (Å²) in [6.07, 6.45) is 0. The third-order valence-corrected chi connectivity index (χ3v) is 5.82. The van der Waals surface area contributed by atoms with E-state index in [4.69, 9.17) is 4.74 Å². The Labute approximate surface area is 163 Å². The van der Waals surface area contributed by atoms with Gasteiger partial charge in [-0.3, -0.25) is 9.59 Å². The van der Waals surface area contributed by atoms with E-state index in [1.54, 1.807) is 13.8 Å². The zero-order valence-electron chi connectivity index (χ0n) is 16.2. The van der Waals surface area contributed by atoms with E-state index in [2.05, 4.69) is 5.32 Å². The van der Waals surface area contributed by atoms with Crippen molar-refractivity contribution in [1.82, 2.24) is 14.5 Å². The molecule has 11 heteroatoms. The number of nitrogens with one attached hydrogen (secondary N) is 1. The minimum Gasteiger partial charge on any atom is -0.452 e. The highest BCUT2D eigenvalue weighted by Crippen LogP contribution is 2.19. The summed E-state index contributed by atoms with van der Waals surface area (Å²) in [7, 11) is -0.873. The van der Waals surface area contributed by atoms with Crippen molar-refractivity contribution >= 4 is 27.8 Å². The van der Waals surface area contributed by atoms with Crippen LogP contribution in [-0.4, -0.2) is 75.7 Å². The number of likely N-dealkylation sites (N-methyl/N-ethyl adjacent to an activating group) is 1. The highest BCUT2D eigenvalue weighted by Gasteiger charge is 2.25. The molecule has 0 atom stereocenters. The molecule has 0 heterocycles. The van der Waals surface area contributed by atoms with Gasteiger partial charge in [0, 0.05) is 27.2 Å². The van der Waals surface area contributed by atoms with Crippen LogP contribution >= 0.6 is 0 Å². The molecule has 1 aromatic carbocycles. The van der Waals surface area contributed by atoms with Crippen LogP contribution in [0.3, 0.4) is 0 Å². The van der Waals surface area contributed by atoms with Crippen LogP contribution in [0.15, 0.2) is 23.1 Å². The zero-order chi connectivity index (χ0) is 21.5. The second-order valence-electron chi connectivity index (χ2n) is 5.87. The maximum absolute atomic E-state index is 14.0. The van der Waals surface area contributed by atoms with E-state index in [1.807, 2.05) is 0 Å². The maximum atomic E-state index is 14.0. The van der Waals surface area contributed by atoms with Crippen LogP contribution in [0.4, 0.5) is 4.39 Å². The predicted molar refractivity (Wildman–Crippen MR) is 98.5 cm³/mol. The number of hydrogen-bond acceptors (Lipinski definition) is 6. The minimum atomic E-state index is -3.89. The molecule has 1 aromatic rings. The number of halogens is 1. The summed E-state index contributed by atoms with van der Waals surface area (Å²) < 4.78 is 44.9. The Kier molecular flexibility index (Phi) is 8.51. The summed E-state index contributed by atoms with van der Waals surface area (Å²) in [5.41, 5.74) is -0.606. The van der Waals surface area contributed by atoms with Crippen molar-refractivity contribution in [3.63, 3.8) is 0 Å². The van der Waals surface area contributed by atoms with Gasteiger partial charge in [-0.25, -0.2) is 17.6 Å². The van der Waals surface area contributed by atoms with E-state index in [9.17, 15) is 27.2 Å². The van der Waals surface area contributed by atoms with Crippen molar-refractivity contribution in [3.8, 4) is 0 Å². The smallest absolute Gasteiger partial charge is 0.341 e. The van der Waals surface area contributed by atoms with Crippen LogP contribution in [0.5, 0.6) is 0 Å². The molecular formula is C17H24FN3O6S. The second kappa shape index (κ2) is 10.1. The monoisotopic (exact) mass is 417 g/mol. The van der Waals surface area contributed by atoms with Gasteiger partial charge < -0.3 is 15.0 Å². The van der Waals surface area contributed by atoms with Crippen LogP contribution in [0, 0.1) is 5.82 Å². The Bertz CT molecular complexity index is 837. The highest BCUT2D eigenvalue weighted by atomic mass is 32.2. The number of sulfonamides is 1. The number of carbonyl (C=O) groups is 3. The van der Waals surface area contributed by atoms with Crippen molar-refractivity contribution in [1.29, 1.82) is 0 Å². The lowest BCUT2D eigenvalue weighted by molar-refractivity contribution is -0.131. The molecule has 0 aliphatic heterocycles. The molecule has 0 spiro atoms. The van der Waals surface area contributed by atoms with E-state index in [1.165, 1.54) is 19.0 Å². The topological polar surface area (TPSA) is 113 Å². The fourth-order valence-corrected chi connectivity index (χ4v) is 3.61. The van der Waals surface area contributed by atoms with Crippen LogP contribution in [0.1, 0.15) is 24.2 Å². The van der Waals surface area contributed by atoms with Gasteiger partial charge >= 0.3 is 5.97 Å². The van der Waals surface area contributed by atoms with Crippen molar-refractivity contribution in [2.45, 2.75) is 18.7 Å².